The average Bonchev–Trinajstić information content (AvgIpc) is 2.18. The third kappa shape index (κ3) is 3.05. The summed E-state index contributed by atoms with van der Waals surface area (Å²) < 4.78 is 5.11. The molecule has 0 aromatic heterocycles. The molecule has 2 nitrogen and oxygen atoms in total. The van der Waals surface area contributed by atoms with Gasteiger partial charge < -0.3 is 10.5 Å². The molecule has 15 heavy (non-hydrogen) atoms. The van der Waals surface area contributed by atoms with Gasteiger partial charge in [-0.25, -0.2) is 0 Å². The van der Waals surface area contributed by atoms with Crippen molar-refractivity contribution < 1.29 is 4.74 Å². The Morgan fingerprint density at radius 2 is 1.80 bits per heavy atom. The molecule has 0 saturated heterocycles. The van der Waals surface area contributed by atoms with Crippen molar-refractivity contribution in [2.24, 2.45) is 5.73 Å². The van der Waals surface area contributed by atoms with Gasteiger partial charge in [0, 0.05) is 7.11 Å². The second-order valence-electron chi connectivity index (χ2n) is 4.63. The average molecular weight is 207 g/mol. The van der Waals surface area contributed by atoms with E-state index in [9.17, 15) is 0 Å². The van der Waals surface area contributed by atoms with Crippen molar-refractivity contribution in [1.29, 1.82) is 0 Å². The molecule has 0 aliphatic rings. The summed E-state index contributed by atoms with van der Waals surface area (Å²) in [6.45, 7) is 6.90. The van der Waals surface area contributed by atoms with Crippen LogP contribution in [0.15, 0.2) is 24.3 Å². The highest BCUT2D eigenvalue weighted by atomic mass is 16.5. The van der Waals surface area contributed by atoms with Crippen molar-refractivity contribution in [3.63, 3.8) is 0 Å². The number of hydrogen-bond donors (Lipinski definition) is 1. The highest BCUT2D eigenvalue weighted by molar-refractivity contribution is 5.29. The van der Waals surface area contributed by atoms with Crippen LogP contribution in [-0.4, -0.2) is 13.7 Å². The number of ether oxygens (including phenoxy) is 1. The molecule has 0 amide bonds. The Morgan fingerprint density at radius 3 is 2.20 bits per heavy atom. The summed E-state index contributed by atoms with van der Waals surface area (Å²) in [5.74, 6) is 0.561. The van der Waals surface area contributed by atoms with Crippen LogP contribution in [0, 0.1) is 0 Å². The van der Waals surface area contributed by atoms with E-state index in [2.05, 4.69) is 38.1 Å². The molecule has 1 unspecified atom stereocenters. The maximum absolute atomic E-state index is 6.15. The van der Waals surface area contributed by atoms with E-state index >= 15 is 0 Å². The molecule has 84 valence electrons. The summed E-state index contributed by atoms with van der Waals surface area (Å²) >= 11 is 0. The predicted octanol–water partition coefficient (Wildman–Crippen LogP) is 2.63. The van der Waals surface area contributed by atoms with Crippen molar-refractivity contribution in [2.75, 3.05) is 13.7 Å². The minimum absolute atomic E-state index is 0.399. The molecule has 0 spiro atoms. The molecule has 0 radical (unpaired) electrons. The zero-order valence-corrected chi connectivity index (χ0v) is 10.1. The van der Waals surface area contributed by atoms with Crippen LogP contribution in [0.1, 0.15) is 37.8 Å². The first-order chi connectivity index (χ1) is 6.97. The zero-order valence-electron chi connectivity index (χ0n) is 10.1. The van der Waals surface area contributed by atoms with Gasteiger partial charge in [-0.15, -0.1) is 0 Å². The van der Waals surface area contributed by atoms with E-state index in [0.29, 0.717) is 12.5 Å². The van der Waals surface area contributed by atoms with E-state index < -0.39 is 5.54 Å². The molecule has 0 fully saturated rings. The van der Waals surface area contributed by atoms with Crippen molar-refractivity contribution >= 4 is 0 Å². The fraction of sp³-hybridized carbons (Fsp3) is 0.538. The lowest BCUT2D eigenvalue weighted by atomic mass is 9.91. The molecule has 0 bridgehead atoms. The van der Waals surface area contributed by atoms with Crippen LogP contribution in [0.4, 0.5) is 0 Å². The normalized spacial score (nSPS) is 15.3. The van der Waals surface area contributed by atoms with Gasteiger partial charge in [-0.1, -0.05) is 38.1 Å². The molecule has 2 heteroatoms. The Kier molecular flexibility index (Phi) is 3.89. The van der Waals surface area contributed by atoms with Crippen molar-refractivity contribution in [2.45, 2.75) is 32.2 Å². The third-order valence-electron chi connectivity index (χ3n) is 2.68. The van der Waals surface area contributed by atoms with E-state index in [-0.39, 0.29) is 0 Å². The van der Waals surface area contributed by atoms with Gasteiger partial charge in [0.05, 0.1) is 12.1 Å². The molecule has 1 atom stereocenters. The van der Waals surface area contributed by atoms with Gasteiger partial charge in [0.1, 0.15) is 0 Å². The van der Waals surface area contributed by atoms with Gasteiger partial charge in [-0.3, -0.25) is 0 Å². The highest BCUT2D eigenvalue weighted by Gasteiger charge is 2.20. The minimum Gasteiger partial charge on any atom is -0.382 e. The fourth-order valence-electron chi connectivity index (χ4n) is 1.63. The first-order valence-electron chi connectivity index (χ1n) is 5.35. The summed E-state index contributed by atoms with van der Waals surface area (Å²) in [4.78, 5) is 0. The summed E-state index contributed by atoms with van der Waals surface area (Å²) in [5.41, 5.74) is 8.21. The largest absolute Gasteiger partial charge is 0.382 e. The van der Waals surface area contributed by atoms with Crippen LogP contribution < -0.4 is 5.73 Å². The van der Waals surface area contributed by atoms with Crippen molar-refractivity contribution in [3.05, 3.63) is 35.4 Å². The number of nitrogens with two attached hydrogens (primary N) is 1. The maximum atomic E-state index is 6.15. The van der Waals surface area contributed by atoms with E-state index in [0.717, 1.165) is 5.56 Å². The molecule has 0 saturated carbocycles. The molecule has 1 aromatic rings. The first kappa shape index (κ1) is 12.2. The smallest absolute Gasteiger partial charge is 0.0681 e. The Morgan fingerprint density at radius 1 is 1.27 bits per heavy atom. The van der Waals surface area contributed by atoms with Gasteiger partial charge in [0.25, 0.3) is 0 Å². The Bertz CT molecular complexity index is 301. The lowest BCUT2D eigenvalue weighted by molar-refractivity contribution is 0.141. The first-order valence-corrected chi connectivity index (χ1v) is 5.35. The third-order valence-corrected chi connectivity index (χ3v) is 2.68. The summed E-state index contributed by atoms with van der Waals surface area (Å²) in [7, 11) is 1.67. The lowest BCUT2D eigenvalue weighted by Gasteiger charge is -2.24. The molecular formula is C13H21NO. The Hall–Kier alpha value is -0.860. The summed E-state index contributed by atoms with van der Waals surface area (Å²) in [6, 6.07) is 8.46. The molecule has 0 aliphatic carbocycles. The van der Waals surface area contributed by atoms with E-state index in [1.54, 1.807) is 7.11 Å². The number of hydrogen-bond acceptors (Lipinski definition) is 2. The molecule has 1 rings (SSSR count). The minimum atomic E-state index is -0.399. The summed E-state index contributed by atoms with van der Waals surface area (Å²) in [6.07, 6.45) is 0. The predicted molar refractivity (Wildman–Crippen MR) is 63.9 cm³/mol. The quantitative estimate of drug-likeness (QED) is 0.823. The number of benzene rings is 1. The van der Waals surface area contributed by atoms with E-state index in [4.69, 9.17) is 10.5 Å². The zero-order chi connectivity index (χ0) is 11.5. The Labute approximate surface area is 92.4 Å². The molecular weight excluding hydrogens is 186 g/mol. The topological polar surface area (TPSA) is 35.2 Å². The van der Waals surface area contributed by atoms with E-state index in [1.807, 2.05) is 6.92 Å². The van der Waals surface area contributed by atoms with Crippen LogP contribution in [0.5, 0.6) is 0 Å². The van der Waals surface area contributed by atoms with Crippen LogP contribution in [0.25, 0.3) is 0 Å². The SMILES string of the molecule is COCC(C)(N)c1ccc(C(C)C)cc1. The number of rotatable bonds is 4. The molecule has 2 N–H and O–H groups in total. The highest BCUT2D eigenvalue weighted by Crippen LogP contribution is 2.21. The summed E-state index contributed by atoms with van der Waals surface area (Å²) in [5, 5.41) is 0. The van der Waals surface area contributed by atoms with Gasteiger partial charge in [0.2, 0.25) is 0 Å². The van der Waals surface area contributed by atoms with Crippen molar-refractivity contribution in [1.82, 2.24) is 0 Å². The van der Waals surface area contributed by atoms with E-state index in [1.165, 1.54) is 5.56 Å². The molecule has 0 heterocycles. The standard InChI is InChI=1S/C13H21NO/c1-10(2)11-5-7-12(8-6-11)13(3,14)9-15-4/h5-8,10H,9,14H2,1-4H3. The lowest BCUT2D eigenvalue weighted by Crippen LogP contribution is -2.37. The van der Waals surface area contributed by atoms with Crippen LogP contribution >= 0.6 is 0 Å². The maximum Gasteiger partial charge on any atom is 0.0681 e. The molecule has 0 aliphatic heterocycles. The van der Waals surface area contributed by atoms with Crippen LogP contribution in [0.3, 0.4) is 0 Å². The van der Waals surface area contributed by atoms with Crippen molar-refractivity contribution in [3.8, 4) is 0 Å². The van der Waals surface area contributed by atoms with Gasteiger partial charge >= 0.3 is 0 Å². The Balaban J connectivity index is 2.88. The van der Waals surface area contributed by atoms with Crippen LogP contribution in [-0.2, 0) is 10.3 Å². The second kappa shape index (κ2) is 4.77. The second-order valence-corrected chi connectivity index (χ2v) is 4.63. The monoisotopic (exact) mass is 207 g/mol. The van der Waals surface area contributed by atoms with Gasteiger partial charge in [-0.2, -0.15) is 0 Å². The molecule has 1 aromatic carbocycles. The van der Waals surface area contributed by atoms with Gasteiger partial charge in [-0.05, 0) is 24.0 Å². The number of methoxy groups -OCH3 is 1. The van der Waals surface area contributed by atoms with Crippen LogP contribution in [0.2, 0.25) is 0 Å². The fourth-order valence-corrected chi connectivity index (χ4v) is 1.63. The van der Waals surface area contributed by atoms with Gasteiger partial charge in [0.15, 0.2) is 0 Å².